The molecule has 0 amide bonds. The van der Waals surface area contributed by atoms with E-state index < -0.39 is 0 Å². The number of ether oxygens (including phenoxy) is 1. The third-order valence-electron chi connectivity index (χ3n) is 3.34. The van der Waals surface area contributed by atoms with Crippen molar-refractivity contribution in [2.24, 2.45) is 0 Å². The van der Waals surface area contributed by atoms with Gasteiger partial charge in [-0.1, -0.05) is 0 Å². The van der Waals surface area contributed by atoms with Crippen molar-refractivity contribution in [2.45, 2.75) is 6.10 Å². The fraction of sp³-hybridized carbons (Fsp3) is 0.357. The first-order chi connectivity index (χ1) is 9.86. The first-order valence-electron chi connectivity index (χ1n) is 6.63. The predicted octanol–water partition coefficient (Wildman–Crippen LogP) is 1.49. The zero-order chi connectivity index (χ0) is 13.8. The molecular weight excluding hydrogens is 254 g/mol. The molecule has 2 aromatic heterocycles. The average molecular weight is 271 g/mol. The first-order valence-corrected chi connectivity index (χ1v) is 6.63. The molecule has 1 aliphatic heterocycles. The molecule has 0 bridgehead atoms. The monoisotopic (exact) mass is 271 g/mol. The van der Waals surface area contributed by atoms with E-state index in [2.05, 4.69) is 25.2 Å². The summed E-state index contributed by atoms with van der Waals surface area (Å²) in [4.78, 5) is 15.1. The number of hydrogen-bond acceptors (Lipinski definition) is 6. The normalized spacial score (nSPS) is 18.9. The summed E-state index contributed by atoms with van der Waals surface area (Å²) in [5.74, 6) is 0.882. The molecule has 0 spiro atoms. The Morgan fingerprint density at radius 1 is 1.25 bits per heavy atom. The molecule has 1 N–H and O–H groups in total. The van der Waals surface area contributed by atoms with Crippen molar-refractivity contribution in [2.75, 3.05) is 37.0 Å². The van der Waals surface area contributed by atoms with Crippen LogP contribution in [0.5, 0.6) is 0 Å². The lowest BCUT2D eigenvalue weighted by molar-refractivity contribution is 0.0367. The Labute approximate surface area is 117 Å². The summed E-state index contributed by atoms with van der Waals surface area (Å²) in [6.45, 7) is 2.23. The molecule has 1 aliphatic rings. The lowest BCUT2D eigenvalue weighted by Gasteiger charge is -2.33. The molecule has 6 heteroatoms. The molecular formula is C14H17N5O. The lowest BCUT2D eigenvalue weighted by Crippen LogP contribution is -2.39. The molecule has 3 rings (SSSR count). The maximum absolute atomic E-state index is 5.82. The fourth-order valence-corrected chi connectivity index (χ4v) is 2.23. The van der Waals surface area contributed by atoms with E-state index in [1.807, 2.05) is 25.4 Å². The van der Waals surface area contributed by atoms with E-state index >= 15 is 0 Å². The number of pyridine rings is 1. The van der Waals surface area contributed by atoms with Gasteiger partial charge in [0.1, 0.15) is 11.9 Å². The van der Waals surface area contributed by atoms with Gasteiger partial charge in [-0.3, -0.25) is 9.97 Å². The van der Waals surface area contributed by atoms with Crippen LogP contribution in [0.4, 0.5) is 11.5 Å². The Kier molecular flexibility index (Phi) is 3.73. The van der Waals surface area contributed by atoms with Gasteiger partial charge < -0.3 is 15.0 Å². The highest BCUT2D eigenvalue weighted by Gasteiger charge is 2.23. The highest BCUT2D eigenvalue weighted by Crippen LogP contribution is 2.23. The van der Waals surface area contributed by atoms with Gasteiger partial charge in [-0.15, -0.1) is 0 Å². The molecule has 1 fully saturated rings. The first kappa shape index (κ1) is 12.8. The minimum absolute atomic E-state index is 0.0309. The van der Waals surface area contributed by atoms with E-state index in [0.717, 1.165) is 30.3 Å². The molecule has 0 saturated carbocycles. The lowest BCUT2D eigenvalue weighted by atomic mass is 10.2. The maximum atomic E-state index is 5.82. The minimum atomic E-state index is -0.0309. The second kappa shape index (κ2) is 5.83. The number of rotatable bonds is 3. The Bertz CT molecular complexity index is 545. The Morgan fingerprint density at radius 3 is 2.90 bits per heavy atom. The van der Waals surface area contributed by atoms with Gasteiger partial charge in [0, 0.05) is 26.0 Å². The van der Waals surface area contributed by atoms with Crippen molar-refractivity contribution in [3.63, 3.8) is 0 Å². The van der Waals surface area contributed by atoms with Gasteiger partial charge in [0.25, 0.3) is 0 Å². The van der Waals surface area contributed by atoms with E-state index in [-0.39, 0.29) is 6.10 Å². The molecule has 104 valence electrons. The molecule has 1 unspecified atom stereocenters. The van der Waals surface area contributed by atoms with Crippen molar-refractivity contribution in [3.8, 4) is 0 Å². The molecule has 6 nitrogen and oxygen atoms in total. The number of morpholine rings is 1. The van der Waals surface area contributed by atoms with Crippen molar-refractivity contribution < 1.29 is 4.74 Å². The molecule has 0 aromatic carbocycles. The second-order valence-corrected chi connectivity index (χ2v) is 4.59. The molecule has 1 saturated heterocycles. The van der Waals surface area contributed by atoms with Crippen LogP contribution < -0.4 is 10.2 Å². The fourth-order valence-electron chi connectivity index (χ4n) is 2.23. The van der Waals surface area contributed by atoms with Gasteiger partial charge in [-0.2, -0.15) is 0 Å². The second-order valence-electron chi connectivity index (χ2n) is 4.59. The number of anilines is 2. The largest absolute Gasteiger partial charge is 0.387 e. The van der Waals surface area contributed by atoms with Crippen LogP contribution in [-0.2, 0) is 4.74 Å². The smallest absolute Gasteiger partial charge is 0.147 e. The van der Waals surface area contributed by atoms with Gasteiger partial charge in [0.2, 0.25) is 0 Å². The van der Waals surface area contributed by atoms with E-state index in [1.54, 1.807) is 18.6 Å². The SMILES string of the molecule is CNc1ccc(C2CN(c3cnccn3)CCO2)nc1. The Morgan fingerprint density at radius 2 is 2.20 bits per heavy atom. The Balaban J connectivity index is 1.74. The van der Waals surface area contributed by atoms with E-state index in [1.165, 1.54) is 0 Å². The van der Waals surface area contributed by atoms with Crippen molar-refractivity contribution >= 4 is 11.5 Å². The Hall–Kier alpha value is -2.21. The maximum Gasteiger partial charge on any atom is 0.147 e. The topological polar surface area (TPSA) is 63.2 Å². The van der Waals surface area contributed by atoms with Crippen LogP contribution in [0, 0.1) is 0 Å². The zero-order valence-corrected chi connectivity index (χ0v) is 11.4. The van der Waals surface area contributed by atoms with Gasteiger partial charge in [0.15, 0.2) is 0 Å². The summed E-state index contributed by atoms with van der Waals surface area (Å²) in [7, 11) is 1.88. The van der Waals surface area contributed by atoms with Gasteiger partial charge in [-0.05, 0) is 12.1 Å². The minimum Gasteiger partial charge on any atom is -0.387 e. The van der Waals surface area contributed by atoms with Crippen LogP contribution in [-0.4, -0.2) is 41.7 Å². The van der Waals surface area contributed by atoms with E-state index in [0.29, 0.717) is 6.61 Å². The van der Waals surface area contributed by atoms with Crippen molar-refractivity contribution in [1.82, 2.24) is 15.0 Å². The predicted molar refractivity (Wildman–Crippen MR) is 76.7 cm³/mol. The number of aromatic nitrogens is 3. The summed E-state index contributed by atoms with van der Waals surface area (Å²) >= 11 is 0. The zero-order valence-electron chi connectivity index (χ0n) is 11.4. The highest BCUT2D eigenvalue weighted by molar-refractivity contribution is 5.41. The summed E-state index contributed by atoms with van der Waals surface area (Å²) in [5.41, 5.74) is 1.94. The number of nitrogens with zero attached hydrogens (tertiary/aromatic N) is 4. The van der Waals surface area contributed by atoms with E-state index in [4.69, 9.17) is 4.74 Å². The average Bonchev–Trinajstić information content (AvgIpc) is 2.56. The molecule has 3 heterocycles. The van der Waals surface area contributed by atoms with Crippen molar-refractivity contribution in [3.05, 3.63) is 42.6 Å². The van der Waals surface area contributed by atoms with Crippen LogP contribution >= 0.6 is 0 Å². The summed E-state index contributed by atoms with van der Waals surface area (Å²) in [6.07, 6.45) is 6.95. The van der Waals surface area contributed by atoms with Gasteiger partial charge >= 0.3 is 0 Å². The molecule has 0 radical (unpaired) electrons. The van der Waals surface area contributed by atoms with E-state index in [9.17, 15) is 0 Å². The van der Waals surface area contributed by atoms with Crippen LogP contribution in [0.25, 0.3) is 0 Å². The summed E-state index contributed by atoms with van der Waals surface area (Å²) in [5, 5.41) is 3.06. The molecule has 1 atom stereocenters. The van der Waals surface area contributed by atoms with Crippen LogP contribution in [0.3, 0.4) is 0 Å². The third kappa shape index (κ3) is 2.70. The molecule has 0 aliphatic carbocycles. The standard InChI is InChI=1S/C14H17N5O/c1-15-11-2-3-12(18-8-11)13-10-19(6-7-20-13)14-9-16-4-5-17-14/h2-5,8-9,13,15H,6-7,10H2,1H3. The van der Waals surface area contributed by atoms with Gasteiger partial charge in [0.05, 0.1) is 36.9 Å². The quantitative estimate of drug-likeness (QED) is 0.912. The van der Waals surface area contributed by atoms with Crippen LogP contribution in [0.15, 0.2) is 36.9 Å². The highest BCUT2D eigenvalue weighted by atomic mass is 16.5. The van der Waals surface area contributed by atoms with Gasteiger partial charge in [-0.25, -0.2) is 4.98 Å². The van der Waals surface area contributed by atoms with Crippen molar-refractivity contribution in [1.29, 1.82) is 0 Å². The van der Waals surface area contributed by atoms with Crippen LogP contribution in [0.1, 0.15) is 11.8 Å². The third-order valence-corrected chi connectivity index (χ3v) is 3.34. The number of hydrogen-bond donors (Lipinski definition) is 1. The molecule has 2 aromatic rings. The number of nitrogens with one attached hydrogen (secondary N) is 1. The summed E-state index contributed by atoms with van der Waals surface area (Å²) < 4.78 is 5.82. The molecule has 20 heavy (non-hydrogen) atoms. The van der Waals surface area contributed by atoms with Crippen LogP contribution in [0.2, 0.25) is 0 Å². The summed E-state index contributed by atoms with van der Waals surface area (Å²) in [6, 6.07) is 4.00.